The zero-order chi connectivity index (χ0) is 16.5. The van der Waals surface area contributed by atoms with E-state index in [0.29, 0.717) is 24.1 Å². The summed E-state index contributed by atoms with van der Waals surface area (Å²) in [6.45, 7) is 1.25. The van der Waals surface area contributed by atoms with Gasteiger partial charge >= 0.3 is 0 Å². The SMILES string of the molecule is COCCCNC(=O)CSc1n[nH]c(-c2ccc(OC)cc2)n1. The van der Waals surface area contributed by atoms with Crippen molar-refractivity contribution in [1.82, 2.24) is 20.5 Å². The number of rotatable bonds is 9. The van der Waals surface area contributed by atoms with Crippen molar-refractivity contribution in [2.45, 2.75) is 11.6 Å². The molecule has 0 spiro atoms. The molecule has 0 fully saturated rings. The lowest BCUT2D eigenvalue weighted by atomic mass is 10.2. The van der Waals surface area contributed by atoms with Crippen molar-refractivity contribution in [3.8, 4) is 17.1 Å². The Hall–Kier alpha value is -2.06. The van der Waals surface area contributed by atoms with Crippen LogP contribution in [0.1, 0.15) is 6.42 Å². The molecule has 8 heteroatoms. The standard InChI is InChI=1S/C15H20N4O3S/c1-21-9-3-8-16-13(20)10-23-15-17-14(18-19-15)11-4-6-12(22-2)7-5-11/h4-7H,3,8-10H2,1-2H3,(H,16,20)(H,17,18,19). The highest BCUT2D eigenvalue weighted by atomic mass is 32.2. The fraction of sp³-hybridized carbons (Fsp3) is 0.400. The van der Waals surface area contributed by atoms with E-state index in [1.165, 1.54) is 11.8 Å². The maximum atomic E-state index is 11.7. The van der Waals surface area contributed by atoms with Gasteiger partial charge < -0.3 is 14.8 Å². The Bertz CT molecular complexity index is 615. The number of aromatic nitrogens is 3. The molecule has 2 N–H and O–H groups in total. The second-order valence-corrected chi connectivity index (χ2v) is 5.62. The van der Waals surface area contributed by atoms with Crippen LogP contribution in [0.2, 0.25) is 0 Å². The average Bonchev–Trinajstić information content (AvgIpc) is 3.06. The van der Waals surface area contributed by atoms with Crippen LogP contribution >= 0.6 is 11.8 Å². The number of nitrogens with zero attached hydrogens (tertiary/aromatic N) is 2. The monoisotopic (exact) mass is 336 g/mol. The first-order chi connectivity index (χ1) is 11.2. The van der Waals surface area contributed by atoms with Gasteiger partial charge in [0.05, 0.1) is 12.9 Å². The zero-order valence-corrected chi connectivity index (χ0v) is 14.0. The molecule has 23 heavy (non-hydrogen) atoms. The van der Waals surface area contributed by atoms with Gasteiger partial charge in [-0.15, -0.1) is 5.10 Å². The van der Waals surface area contributed by atoms with Crippen LogP contribution in [0, 0.1) is 0 Å². The smallest absolute Gasteiger partial charge is 0.230 e. The van der Waals surface area contributed by atoms with E-state index < -0.39 is 0 Å². The minimum absolute atomic E-state index is 0.0399. The van der Waals surface area contributed by atoms with Crippen LogP contribution in [0.5, 0.6) is 5.75 Å². The van der Waals surface area contributed by atoms with Gasteiger partial charge in [0.25, 0.3) is 0 Å². The van der Waals surface area contributed by atoms with Gasteiger partial charge in [-0.25, -0.2) is 4.98 Å². The first kappa shape index (κ1) is 17.3. The number of carbonyl (C=O) groups excluding carboxylic acids is 1. The molecule has 1 amide bonds. The highest BCUT2D eigenvalue weighted by molar-refractivity contribution is 7.99. The molecule has 1 aromatic carbocycles. The molecule has 124 valence electrons. The van der Waals surface area contributed by atoms with E-state index in [4.69, 9.17) is 9.47 Å². The molecule has 0 radical (unpaired) electrons. The first-order valence-corrected chi connectivity index (χ1v) is 8.16. The van der Waals surface area contributed by atoms with E-state index >= 15 is 0 Å². The third-order valence-corrected chi connectivity index (χ3v) is 3.86. The van der Waals surface area contributed by atoms with Crippen LogP contribution in [-0.4, -0.2) is 54.2 Å². The second kappa shape index (κ2) is 9.16. The van der Waals surface area contributed by atoms with Gasteiger partial charge in [0.1, 0.15) is 5.75 Å². The number of thioether (sulfide) groups is 1. The van der Waals surface area contributed by atoms with Crippen molar-refractivity contribution in [1.29, 1.82) is 0 Å². The summed E-state index contributed by atoms with van der Waals surface area (Å²) < 4.78 is 10.0. The molecule has 0 aliphatic heterocycles. The summed E-state index contributed by atoms with van der Waals surface area (Å²) in [5, 5.41) is 10.3. The van der Waals surface area contributed by atoms with E-state index in [1.54, 1.807) is 14.2 Å². The molecule has 0 saturated heterocycles. The lowest BCUT2D eigenvalue weighted by Gasteiger charge is -2.03. The predicted octanol–water partition coefficient (Wildman–Crippen LogP) is 1.73. The van der Waals surface area contributed by atoms with Gasteiger partial charge in [0.2, 0.25) is 11.1 Å². The number of aromatic amines is 1. The van der Waals surface area contributed by atoms with Crippen LogP contribution in [-0.2, 0) is 9.53 Å². The van der Waals surface area contributed by atoms with E-state index in [9.17, 15) is 4.79 Å². The van der Waals surface area contributed by atoms with Gasteiger partial charge in [-0.3, -0.25) is 9.89 Å². The van der Waals surface area contributed by atoms with Crippen molar-refractivity contribution < 1.29 is 14.3 Å². The minimum Gasteiger partial charge on any atom is -0.497 e. The number of amides is 1. The molecule has 2 rings (SSSR count). The highest BCUT2D eigenvalue weighted by Gasteiger charge is 2.09. The number of hydrogen-bond acceptors (Lipinski definition) is 6. The predicted molar refractivity (Wildman–Crippen MR) is 88.6 cm³/mol. The summed E-state index contributed by atoms with van der Waals surface area (Å²) in [5.41, 5.74) is 0.911. The fourth-order valence-electron chi connectivity index (χ4n) is 1.81. The fourth-order valence-corrected chi connectivity index (χ4v) is 2.44. The van der Waals surface area contributed by atoms with Crippen LogP contribution in [0.25, 0.3) is 11.4 Å². The van der Waals surface area contributed by atoms with Gasteiger partial charge in [0.15, 0.2) is 5.82 Å². The largest absolute Gasteiger partial charge is 0.497 e. The lowest BCUT2D eigenvalue weighted by Crippen LogP contribution is -2.26. The van der Waals surface area contributed by atoms with Crippen molar-refractivity contribution in [2.75, 3.05) is 33.1 Å². The number of H-pyrrole nitrogens is 1. The summed E-state index contributed by atoms with van der Waals surface area (Å²) in [4.78, 5) is 16.0. The van der Waals surface area contributed by atoms with Gasteiger partial charge in [0, 0.05) is 25.8 Å². The lowest BCUT2D eigenvalue weighted by molar-refractivity contribution is -0.118. The zero-order valence-electron chi connectivity index (χ0n) is 13.2. The van der Waals surface area contributed by atoms with Crippen LogP contribution in [0.3, 0.4) is 0 Å². The van der Waals surface area contributed by atoms with E-state index in [2.05, 4.69) is 20.5 Å². The molecule has 0 aliphatic rings. The number of carbonyl (C=O) groups is 1. The van der Waals surface area contributed by atoms with E-state index in [-0.39, 0.29) is 11.7 Å². The quantitative estimate of drug-likeness (QED) is 0.535. The van der Waals surface area contributed by atoms with E-state index in [1.807, 2.05) is 24.3 Å². The number of nitrogens with one attached hydrogen (secondary N) is 2. The van der Waals surface area contributed by atoms with Crippen LogP contribution in [0.15, 0.2) is 29.4 Å². The second-order valence-electron chi connectivity index (χ2n) is 4.68. The average molecular weight is 336 g/mol. The van der Waals surface area contributed by atoms with Crippen molar-refractivity contribution in [3.05, 3.63) is 24.3 Å². The highest BCUT2D eigenvalue weighted by Crippen LogP contribution is 2.21. The minimum atomic E-state index is -0.0399. The normalized spacial score (nSPS) is 10.5. The Morgan fingerprint density at radius 3 is 2.78 bits per heavy atom. The summed E-state index contributed by atoms with van der Waals surface area (Å²) >= 11 is 1.29. The van der Waals surface area contributed by atoms with Crippen molar-refractivity contribution in [3.63, 3.8) is 0 Å². The molecule has 0 aliphatic carbocycles. The Morgan fingerprint density at radius 2 is 2.09 bits per heavy atom. The Labute approximate surface area is 139 Å². The molecule has 7 nitrogen and oxygen atoms in total. The van der Waals surface area contributed by atoms with Gasteiger partial charge in [-0.1, -0.05) is 11.8 Å². The maximum Gasteiger partial charge on any atom is 0.230 e. The third-order valence-electron chi connectivity index (χ3n) is 3.01. The summed E-state index contributed by atoms with van der Waals surface area (Å²) in [6.07, 6.45) is 0.801. The van der Waals surface area contributed by atoms with Crippen molar-refractivity contribution >= 4 is 17.7 Å². The van der Waals surface area contributed by atoms with Crippen LogP contribution in [0.4, 0.5) is 0 Å². The molecular weight excluding hydrogens is 316 g/mol. The van der Waals surface area contributed by atoms with Gasteiger partial charge in [-0.05, 0) is 30.7 Å². The summed E-state index contributed by atoms with van der Waals surface area (Å²) in [7, 11) is 3.26. The van der Waals surface area contributed by atoms with E-state index in [0.717, 1.165) is 17.7 Å². The van der Waals surface area contributed by atoms with Crippen molar-refractivity contribution in [2.24, 2.45) is 0 Å². The molecule has 1 aromatic heterocycles. The maximum absolute atomic E-state index is 11.7. The number of hydrogen-bond donors (Lipinski definition) is 2. The number of benzene rings is 1. The Balaban J connectivity index is 1.81. The molecule has 2 aromatic rings. The number of ether oxygens (including phenoxy) is 2. The molecule has 0 atom stereocenters. The Morgan fingerprint density at radius 1 is 1.30 bits per heavy atom. The number of methoxy groups -OCH3 is 2. The molecule has 0 unspecified atom stereocenters. The molecule has 0 bridgehead atoms. The topological polar surface area (TPSA) is 89.1 Å². The third kappa shape index (κ3) is 5.57. The molecule has 1 heterocycles. The Kier molecular flexibility index (Phi) is 6.89. The molecule has 0 saturated carbocycles. The van der Waals surface area contributed by atoms with Crippen LogP contribution < -0.4 is 10.1 Å². The molecular formula is C15H20N4O3S. The first-order valence-electron chi connectivity index (χ1n) is 7.18. The summed E-state index contributed by atoms with van der Waals surface area (Å²) in [5.74, 6) is 1.69. The van der Waals surface area contributed by atoms with Gasteiger partial charge in [-0.2, -0.15) is 0 Å². The summed E-state index contributed by atoms with van der Waals surface area (Å²) in [6, 6.07) is 7.52.